The van der Waals surface area contributed by atoms with Crippen molar-refractivity contribution in [3.8, 4) is 0 Å². The van der Waals surface area contributed by atoms with Crippen molar-refractivity contribution in [2.24, 2.45) is 0 Å². The summed E-state index contributed by atoms with van der Waals surface area (Å²) in [5, 5.41) is 11.5. The zero-order valence-corrected chi connectivity index (χ0v) is 11.4. The van der Waals surface area contributed by atoms with Gasteiger partial charge in [0.05, 0.1) is 7.11 Å². The maximum Gasteiger partial charge on any atom is 0.343 e. The van der Waals surface area contributed by atoms with Gasteiger partial charge in [-0.2, -0.15) is 0 Å². The molecule has 20 heavy (non-hydrogen) atoms. The highest BCUT2D eigenvalue weighted by Crippen LogP contribution is 2.17. The van der Waals surface area contributed by atoms with Crippen LogP contribution in [0, 0.1) is 0 Å². The zero-order valence-electron chi connectivity index (χ0n) is 11.4. The fraction of sp³-hybridized carbons (Fsp3) is 0.357. The number of aliphatic carboxylic acids is 1. The number of aryl methyl sites for hydroxylation is 1. The molecule has 0 bridgehead atoms. The molecule has 0 heterocycles. The van der Waals surface area contributed by atoms with Crippen molar-refractivity contribution in [3.05, 3.63) is 35.9 Å². The molecular formula is C14H17NO5. The molecule has 6 heteroatoms. The number of hydrogen-bond donors (Lipinski definition) is 2. The predicted molar refractivity (Wildman–Crippen MR) is 71.0 cm³/mol. The van der Waals surface area contributed by atoms with Crippen molar-refractivity contribution in [2.45, 2.75) is 25.3 Å². The highest BCUT2D eigenvalue weighted by Gasteiger charge is 2.48. The van der Waals surface area contributed by atoms with Gasteiger partial charge in [-0.3, -0.25) is 4.79 Å². The third-order valence-corrected chi connectivity index (χ3v) is 2.92. The summed E-state index contributed by atoms with van der Waals surface area (Å²) in [5.41, 5.74) is -1.19. The van der Waals surface area contributed by atoms with E-state index in [1.807, 2.05) is 30.3 Å². The van der Waals surface area contributed by atoms with Crippen LogP contribution in [0.25, 0.3) is 0 Å². The molecule has 1 unspecified atom stereocenters. The molecule has 1 amide bonds. The van der Waals surface area contributed by atoms with Gasteiger partial charge in [-0.05, 0) is 18.4 Å². The molecule has 108 valence electrons. The molecule has 2 N–H and O–H groups in total. The van der Waals surface area contributed by atoms with Crippen LogP contribution in [0.15, 0.2) is 30.3 Å². The molecule has 0 saturated heterocycles. The average molecular weight is 279 g/mol. The fourth-order valence-corrected chi connectivity index (χ4v) is 1.91. The van der Waals surface area contributed by atoms with Crippen molar-refractivity contribution in [3.63, 3.8) is 0 Å². The number of carbonyl (C=O) groups is 3. The van der Waals surface area contributed by atoms with E-state index in [2.05, 4.69) is 10.1 Å². The van der Waals surface area contributed by atoms with Crippen LogP contribution in [0.3, 0.4) is 0 Å². The molecular weight excluding hydrogens is 262 g/mol. The lowest BCUT2D eigenvalue weighted by molar-refractivity contribution is -0.163. The third-order valence-electron chi connectivity index (χ3n) is 2.92. The van der Waals surface area contributed by atoms with Crippen molar-refractivity contribution in [2.75, 3.05) is 7.11 Å². The molecule has 0 fully saturated rings. The monoisotopic (exact) mass is 279 g/mol. The molecule has 1 rings (SSSR count). The van der Waals surface area contributed by atoms with Gasteiger partial charge in [-0.25, -0.2) is 9.59 Å². The minimum atomic E-state index is -2.06. The van der Waals surface area contributed by atoms with Crippen molar-refractivity contribution >= 4 is 17.8 Å². The summed E-state index contributed by atoms with van der Waals surface area (Å²) in [5.74, 6) is -3.03. The van der Waals surface area contributed by atoms with Gasteiger partial charge in [-0.15, -0.1) is 0 Å². The summed E-state index contributed by atoms with van der Waals surface area (Å²) in [7, 11) is 1.09. The second-order valence-electron chi connectivity index (χ2n) is 4.37. The lowest BCUT2D eigenvalue weighted by Crippen LogP contribution is -2.60. The first kappa shape index (κ1) is 15.7. The van der Waals surface area contributed by atoms with E-state index < -0.39 is 23.4 Å². The van der Waals surface area contributed by atoms with E-state index in [1.54, 1.807) is 0 Å². The van der Waals surface area contributed by atoms with Gasteiger partial charge >= 0.3 is 11.9 Å². The van der Waals surface area contributed by atoms with Gasteiger partial charge in [0, 0.05) is 6.92 Å². The number of esters is 1. The van der Waals surface area contributed by atoms with Crippen LogP contribution in [-0.2, 0) is 25.5 Å². The highest BCUT2D eigenvalue weighted by atomic mass is 16.5. The topological polar surface area (TPSA) is 92.7 Å². The first-order chi connectivity index (χ1) is 9.42. The van der Waals surface area contributed by atoms with E-state index in [4.69, 9.17) is 0 Å². The second-order valence-corrected chi connectivity index (χ2v) is 4.37. The maximum absolute atomic E-state index is 11.8. The molecule has 0 saturated carbocycles. The number of carboxylic acid groups (broad SMARTS) is 1. The SMILES string of the molecule is COC(=O)C(CCc1ccccc1)(NC(C)=O)C(=O)O. The summed E-state index contributed by atoms with van der Waals surface area (Å²) in [6, 6.07) is 9.10. The zero-order chi connectivity index (χ0) is 15.2. The number of carbonyl (C=O) groups excluding carboxylic acids is 2. The van der Waals surface area contributed by atoms with E-state index in [1.165, 1.54) is 0 Å². The normalized spacial score (nSPS) is 13.1. The Hall–Kier alpha value is -2.37. The van der Waals surface area contributed by atoms with Crippen molar-refractivity contribution in [1.82, 2.24) is 5.32 Å². The molecule has 0 aliphatic heterocycles. The quantitative estimate of drug-likeness (QED) is 0.592. The van der Waals surface area contributed by atoms with E-state index in [0.717, 1.165) is 19.6 Å². The molecule has 0 aliphatic rings. The van der Waals surface area contributed by atoms with Gasteiger partial charge < -0.3 is 15.2 Å². The minimum Gasteiger partial charge on any atom is -0.479 e. The first-order valence-electron chi connectivity index (χ1n) is 6.07. The summed E-state index contributed by atoms with van der Waals surface area (Å²) < 4.78 is 4.53. The first-order valence-corrected chi connectivity index (χ1v) is 6.07. The Balaban J connectivity index is 2.99. The third kappa shape index (κ3) is 3.57. The molecule has 0 aromatic heterocycles. The van der Waals surface area contributed by atoms with E-state index >= 15 is 0 Å². The Bertz CT molecular complexity index is 500. The number of rotatable bonds is 6. The van der Waals surface area contributed by atoms with E-state index in [9.17, 15) is 19.5 Å². The number of nitrogens with one attached hydrogen (secondary N) is 1. The molecule has 1 aromatic carbocycles. The Morgan fingerprint density at radius 3 is 2.30 bits per heavy atom. The van der Waals surface area contributed by atoms with E-state index in [0.29, 0.717) is 6.42 Å². The predicted octanol–water partition coefficient (Wildman–Crippen LogP) is 0.752. The van der Waals surface area contributed by atoms with Crippen molar-refractivity contribution in [1.29, 1.82) is 0 Å². The number of hydrogen-bond acceptors (Lipinski definition) is 4. The number of benzene rings is 1. The summed E-state index contributed by atoms with van der Waals surface area (Å²) in [4.78, 5) is 34.5. The molecule has 0 aliphatic carbocycles. The largest absolute Gasteiger partial charge is 0.479 e. The summed E-state index contributed by atoms with van der Waals surface area (Å²) in [6.45, 7) is 1.16. The lowest BCUT2D eigenvalue weighted by Gasteiger charge is -2.27. The minimum absolute atomic E-state index is 0.0847. The number of amides is 1. The number of methoxy groups -OCH3 is 1. The fourth-order valence-electron chi connectivity index (χ4n) is 1.91. The van der Waals surface area contributed by atoms with Gasteiger partial charge in [0.25, 0.3) is 0 Å². The Morgan fingerprint density at radius 2 is 1.85 bits per heavy atom. The van der Waals surface area contributed by atoms with Crippen LogP contribution in [0.5, 0.6) is 0 Å². The Kier molecular flexibility index (Phi) is 5.25. The highest BCUT2D eigenvalue weighted by molar-refractivity contribution is 6.06. The molecule has 1 atom stereocenters. The van der Waals surface area contributed by atoms with Gasteiger partial charge in [0.15, 0.2) is 0 Å². The second kappa shape index (κ2) is 6.70. The van der Waals surface area contributed by atoms with Gasteiger partial charge in [0.2, 0.25) is 11.4 Å². The lowest BCUT2D eigenvalue weighted by atomic mass is 9.91. The van der Waals surface area contributed by atoms with Gasteiger partial charge in [0.1, 0.15) is 0 Å². The van der Waals surface area contributed by atoms with Crippen LogP contribution in [0.4, 0.5) is 0 Å². The average Bonchev–Trinajstić information content (AvgIpc) is 2.43. The van der Waals surface area contributed by atoms with Crippen LogP contribution in [-0.4, -0.2) is 35.6 Å². The van der Waals surface area contributed by atoms with Crippen LogP contribution < -0.4 is 5.32 Å². The smallest absolute Gasteiger partial charge is 0.343 e. The summed E-state index contributed by atoms with van der Waals surface area (Å²) >= 11 is 0. The maximum atomic E-state index is 11.8. The Morgan fingerprint density at radius 1 is 1.25 bits per heavy atom. The number of ether oxygens (including phenoxy) is 1. The Labute approximate surface area is 116 Å². The van der Waals surface area contributed by atoms with Crippen LogP contribution in [0.2, 0.25) is 0 Å². The molecule has 0 spiro atoms. The molecule has 0 radical (unpaired) electrons. The standard InChI is InChI=1S/C14H17NO5/c1-10(16)15-14(12(17)18,13(19)20-2)9-8-11-6-4-3-5-7-11/h3-7H,8-9H2,1-2H3,(H,15,16)(H,17,18). The van der Waals surface area contributed by atoms with Crippen LogP contribution in [0.1, 0.15) is 18.9 Å². The number of carboxylic acids is 1. The molecule has 1 aromatic rings. The van der Waals surface area contributed by atoms with Crippen molar-refractivity contribution < 1.29 is 24.2 Å². The van der Waals surface area contributed by atoms with E-state index in [-0.39, 0.29) is 6.42 Å². The summed E-state index contributed by atoms with van der Waals surface area (Å²) in [6.07, 6.45) is 0.237. The van der Waals surface area contributed by atoms with Crippen LogP contribution >= 0.6 is 0 Å². The van der Waals surface area contributed by atoms with Gasteiger partial charge in [-0.1, -0.05) is 30.3 Å². The molecule has 6 nitrogen and oxygen atoms in total.